The zero-order chi connectivity index (χ0) is 28.7. The van der Waals surface area contributed by atoms with E-state index >= 15 is 0 Å². The molecule has 1 unspecified atom stereocenters. The van der Waals surface area contributed by atoms with Crippen molar-refractivity contribution in [3.05, 3.63) is 58.4 Å². The second-order valence-corrected chi connectivity index (χ2v) is 12.9. The molecule has 0 heterocycles. The van der Waals surface area contributed by atoms with Crippen LogP contribution in [0.2, 0.25) is 5.02 Å². The molecule has 5 atom stereocenters. The van der Waals surface area contributed by atoms with Gasteiger partial charge in [-0.2, -0.15) is 0 Å². The molecular weight excluding hydrogens is 561 g/mol. The molecule has 8 nitrogen and oxygen atoms in total. The van der Waals surface area contributed by atoms with E-state index in [1.54, 1.807) is 0 Å². The first-order valence-electron chi connectivity index (χ1n) is 12.4. The van der Waals surface area contributed by atoms with Gasteiger partial charge in [0.05, 0.1) is 33.3 Å². The van der Waals surface area contributed by atoms with Gasteiger partial charge >= 0.3 is 0 Å². The summed E-state index contributed by atoms with van der Waals surface area (Å²) >= 11 is 6.22. The molecule has 2 fully saturated rings. The molecule has 2 aliphatic carbocycles. The van der Waals surface area contributed by atoms with Gasteiger partial charge in [0.15, 0.2) is 27.3 Å². The zero-order valence-corrected chi connectivity index (χ0v) is 22.5. The first-order chi connectivity index (χ1) is 18.2. The number of halogens is 4. The highest BCUT2D eigenvalue weighted by Gasteiger charge is 2.56. The highest BCUT2D eigenvalue weighted by atomic mass is 35.5. The van der Waals surface area contributed by atoms with Crippen molar-refractivity contribution in [1.29, 1.82) is 0 Å². The standard InChI is InChI=1S/C26H28ClF3N2O6S/c1-13(33)12-31-23(34)11-26(36)15-3-4-16(26)8-18(7-15)39(37,38)22-6-14(2-5-19(22)27)25(35)32-17-9-20(28)24(30)21(29)10-17/h2,5-6,9-10,13,15-16,18,33,36H,3-4,7-8,11-12H2,1H3,(H,31,34)(H,32,35)/t13-,15+,16?,18+,26+/m1/s1. The molecule has 0 spiro atoms. The number of fused-ring (bicyclic) bond motifs is 2. The number of aliphatic hydroxyl groups excluding tert-OH is 1. The van der Waals surface area contributed by atoms with Crippen molar-refractivity contribution in [2.24, 2.45) is 11.8 Å². The summed E-state index contributed by atoms with van der Waals surface area (Å²) in [5.41, 5.74) is -1.90. The van der Waals surface area contributed by atoms with Crippen LogP contribution in [0.15, 0.2) is 35.2 Å². The molecule has 2 bridgehead atoms. The maximum absolute atomic E-state index is 13.7. The van der Waals surface area contributed by atoms with Crippen LogP contribution in [0.25, 0.3) is 0 Å². The summed E-state index contributed by atoms with van der Waals surface area (Å²) < 4.78 is 67.6. The SMILES string of the molecule is C[C@@H](O)CNC(=O)C[C@@]1(O)C2CC[C@H]1C[C@H](S(=O)(=O)c1cc(C(=O)Nc3cc(F)c(F)c(F)c3)ccc1Cl)C2. The largest absolute Gasteiger partial charge is 0.392 e. The van der Waals surface area contributed by atoms with Gasteiger partial charge in [-0.1, -0.05) is 11.6 Å². The summed E-state index contributed by atoms with van der Waals surface area (Å²) in [7, 11) is -4.09. The number of rotatable bonds is 8. The van der Waals surface area contributed by atoms with Crippen molar-refractivity contribution in [1.82, 2.24) is 5.32 Å². The number of sulfone groups is 1. The first-order valence-corrected chi connectivity index (χ1v) is 14.3. The molecule has 2 aliphatic rings. The van der Waals surface area contributed by atoms with E-state index in [1.807, 2.05) is 0 Å². The lowest BCUT2D eigenvalue weighted by molar-refractivity contribution is -0.133. The van der Waals surface area contributed by atoms with Gasteiger partial charge in [-0.15, -0.1) is 0 Å². The molecule has 2 aromatic carbocycles. The van der Waals surface area contributed by atoms with Gasteiger partial charge in [0.1, 0.15) is 0 Å². The Morgan fingerprint density at radius 3 is 2.26 bits per heavy atom. The summed E-state index contributed by atoms with van der Waals surface area (Å²) in [6, 6.07) is 4.70. The fourth-order valence-corrected chi connectivity index (χ4v) is 8.01. The van der Waals surface area contributed by atoms with E-state index < -0.39 is 67.9 Å². The van der Waals surface area contributed by atoms with Gasteiger partial charge < -0.3 is 20.8 Å². The molecular formula is C26H28ClF3N2O6S. The summed E-state index contributed by atoms with van der Waals surface area (Å²) in [5, 5.41) is 24.4. The maximum Gasteiger partial charge on any atom is 0.255 e. The molecule has 0 saturated heterocycles. The fraction of sp³-hybridized carbons (Fsp3) is 0.462. The Balaban J connectivity index is 1.52. The third-order valence-corrected chi connectivity index (χ3v) is 10.2. The van der Waals surface area contributed by atoms with Crippen LogP contribution in [-0.4, -0.2) is 53.9 Å². The molecule has 0 aromatic heterocycles. The van der Waals surface area contributed by atoms with Crippen molar-refractivity contribution in [3.8, 4) is 0 Å². The Labute approximate surface area is 228 Å². The third kappa shape index (κ3) is 5.93. The molecule has 2 amide bonds. The number of nitrogens with one attached hydrogen (secondary N) is 2. The van der Waals surface area contributed by atoms with E-state index in [0.717, 1.165) is 6.07 Å². The molecule has 0 aliphatic heterocycles. The summed E-state index contributed by atoms with van der Waals surface area (Å²) in [6.45, 7) is 1.55. The average Bonchev–Trinajstić information content (AvgIpc) is 3.01. The highest BCUT2D eigenvalue weighted by Crippen LogP contribution is 2.53. The predicted octanol–water partition coefficient (Wildman–Crippen LogP) is 3.59. The van der Waals surface area contributed by atoms with E-state index in [0.29, 0.717) is 25.0 Å². The molecule has 13 heteroatoms. The van der Waals surface area contributed by atoms with Crippen molar-refractivity contribution in [2.75, 3.05) is 11.9 Å². The van der Waals surface area contributed by atoms with E-state index in [9.17, 15) is 41.4 Å². The molecule has 2 saturated carbocycles. The third-order valence-electron chi connectivity index (χ3n) is 7.59. The monoisotopic (exact) mass is 588 g/mol. The van der Waals surface area contributed by atoms with Crippen LogP contribution in [-0.2, 0) is 14.6 Å². The van der Waals surface area contributed by atoms with Gasteiger partial charge in [0, 0.05) is 29.9 Å². The molecule has 212 valence electrons. The minimum atomic E-state index is -4.09. The first kappa shape index (κ1) is 29.3. The minimum absolute atomic E-state index is 0.0364. The summed E-state index contributed by atoms with van der Waals surface area (Å²) in [6.07, 6.45) is 0.292. The number of hydrogen-bond acceptors (Lipinski definition) is 6. The van der Waals surface area contributed by atoms with E-state index in [4.69, 9.17) is 11.6 Å². The fourth-order valence-electron chi connectivity index (χ4n) is 5.61. The minimum Gasteiger partial charge on any atom is -0.392 e. The number of aliphatic hydroxyl groups is 2. The van der Waals surface area contributed by atoms with Crippen LogP contribution in [0, 0.1) is 29.3 Å². The van der Waals surface area contributed by atoms with Gasteiger partial charge in [-0.3, -0.25) is 9.59 Å². The number of hydrogen-bond donors (Lipinski definition) is 4. The van der Waals surface area contributed by atoms with Crippen LogP contribution in [0.1, 0.15) is 49.4 Å². The van der Waals surface area contributed by atoms with E-state index in [-0.39, 0.29) is 47.0 Å². The molecule has 0 radical (unpaired) electrons. The number of carbonyl (C=O) groups is 2. The van der Waals surface area contributed by atoms with Crippen molar-refractivity contribution in [3.63, 3.8) is 0 Å². The zero-order valence-electron chi connectivity index (χ0n) is 20.9. The number of anilines is 1. The van der Waals surface area contributed by atoms with Crippen LogP contribution in [0.4, 0.5) is 18.9 Å². The number of amides is 2. The van der Waals surface area contributed by atoms with Gasteiger partial charge in [0.25, 0.3) is 5.91 Å². The van der Waals surface area contributed by atoms with Gasteiger partial charge in [-0.25, -0.2) is 21.6 Å². The number of benzene rings is 2. The smallest absolute Gasteiger partial charge is 0.255 e. The molecule has 39 heavy (non-hydrogen) atoms. The molecule has 4 rings (SSSR count). The molecule has 4 N–H and O–H groups in total. The summed E-state index contributed by atoms with van der Waals surface area (Å²) in [5.74, 6) is -6.94. The summed E-state index contributed by atoms with van der Waals surface area (Å²) in [4.78, 5) is 24.8. The Morgan fingerprint density at radius 1 is 1.10 bits per heavy atom. The van der Waals surface area contributed by atoms with Crippen LogP contribution in [0.5, 0.6) is 0 Å². The second kappa shape index (κ2) is 11.1. The second-order valence-electron chi connectivity index (χ2n) is 10.3. The van der Waals surface area contributed by atoms with E-state index in [1.165, 1.54) is 19.1 Å². The predicted molar refractivity (Wildman–Crippen MR) is 136 cm³/mol. The average molecular weight is 589 g/mol. The topological polar surface area (TPSA) is 133 Å². The Morgan fingerprint density at radius 2 is 1.69 bits per heavy atom. The van der Waals surface area contributed by atoms with Crippen molar-refractivity contribution < 1.29 is 41.4 Å². The highest BCUT2D eigenvalue weighted by molar-refractivity contribution is 7.92. The Hall–Kier alpha value is -2.67. The van der Waals surface area contributed by atoms with Gasteiger partial charge in [-0.05, 0) is 62.6 Å². The Kier molecular flexibility index (Phi) is 8.32. The Bertz CT molecular complexity index is 1370. The van der Waals surface area contributed by atoms with E-state index in [2.05, 4.69) is 10.6 Å². The van der Waals surface area contributed by atoms with Crippen molar-refractivity contribution in [2.45, 2.75) is 60.9 Å². The number of carbonyl (C=O) groups excluding carboxylic acids is 2. The van der Waals surface area contributed by atoms with Crippen LogP contribution < -0.4 is 10.6 Å². The van der Waals surface area contributed by atoms with Crippen LogP contribution >= 0.6 is 11.6 Å². The molecule has 2 aromatic rings. The lowest BCUT2D eigenvalue weighted by atomic mass is 9.72. The van der Waals surface area contributed by atoms with Gasteiger partial charge in [0.2, 0.25) is 5.91 Å². The maximum atomic E-state index is 13.7. The normalized spacial score (nSPS) is 25.3. The van der Waals surface area contributed by atoms with Crippen molar-refractivity contribution >= 4 is 38.9 Å². The van der Waals surface area contributed by atoms with Crippen LogP contribution in [0.3, 0.4) is 0 Å². The lowest BCUT2D eigenvalue weighted by Gasteiger charge is -2.42. The lowest BCUT2D eigenvalue weighted by Crippen LogP contribution is -2.51. The quantitative estimate of drug-likeness (QED) is 0.349.